The lowest BCUT2D eigenvalue weighted by molar-refractivity contribution is -0.130. The first-order valence-corrected chi connectivity index (χ1v) is 9.46. The van der Waals surface area contributed by atoms with Gasteiger partial charge >= 0.3 is 0 Å². The van der Waals surface area contributed by atoms with Crippen LogP contribution in [0.2, 0.25) is 0 Å². The maximum atomic E-state index is 11.7. The molecule has 1 N–H and O–H groups in total. The number of thioether (sulfide) groups is 1. The highest BCUT2D eigenvalue weighted by molar-refractivity contribution is 8.03. The molecule has 2 fully saturated rings. The first kappa shape index (κ1) is 18.0. The van der Waals surface area contributed by atoms with Crippen LogP contribution >= 0.6 is 11.8 Å². The van der Waals surface area contributed by atoms with Crippen LogP contribution in [0.5, 0.6) is 0 Å². The van der Waals surface area contributed by atoms with E-state index in [-0.39, 0.29) is 0 Å². The summed E-state index contributed by atoms with van der Waals surface area (Å²) in [5.41, 5.74) is 0.742. The van der Waals surface area contributed by atoms with Crippen LogP contribution in [0, 0.1) is 0 Å². The summed E-state index contributed by atoms with van der Waals surface area (Å²) in [4.78, 5) is 34.4. The average Bonchev–Trinajstić information content (AvgIpc) is 3.10. The van der Waals surface area contributed by atoms with Crippen molar-refractivity contribution in [2.24, 2.45) is 0 Å². The van der Waals surface area contributed by atoms with Gasteiger partial charge in [0.25, 0.3) is 0 Å². The van der Waals surface area contributed by atoms with Crippen LogP contribution in [-0.4, -0.2) is 59.8 Å². The van der Waals surface area contributed by atoms with Crippen molar-refractivity contribution < 1.29 is 14.3 Å². The number of Topliss-reactive ketones (excluding diaryl/α,β-unsaturated/α-hetero) is 1. The molecule has 0 amide bonds. The van der Waals surface area contributed by atoms with Crippen molar-refractivity contribution in [3.63, 3.8) is 0 Å². The van der Waals surface area contributed by atoms with Crippen molar-refractivity contribution >= 4 is 35.9 Å². The van der Waals surface area contributed by atoms with E-state index in [1.54, 1.807) is 6.20 Å². The predicted molar refractivity (Wildman–Crippen MR) is 97.3 cm³/mol. The second kappa shape index (κ2) is 8.55. The second-order valence-corrected chi connectivity index (χ2v) is 6.96. The van der Waals surface area contributed by atoms with E-state index in [2.05, 4.69) is 20.2 Å². The Hall–Kier alpha value is -1.77. The smallest absolute Gasteiger partial charge is 0.225 e. The number of carbonyl (C=O) groups excluding carboxylic acids is 2. The maximum absolute atomic E-state index is 11.7. The minimum absolute atomic E-state index is 0.322. The van der Waals surface area contributed by atoms with Crippen LogP contribution < -0.4 is 10.2 Å². The fourth-order valence-corrected chi connectivity index (χ4v) is 4.01. The molecule has 25 heavy (non-hydrogen) atoms. The molecular formula is C17H22N4O3S. The van der Waals surface area contributed by atoms with Crippen molar-refractivity contribution in [3.05, 3.63) is 22.9 Å². The molecule has 134 valence electrons. The standard InChI is InChI=1S/C17H22N4O3S/c1-2-24-13-4-7-21(8-5-13)17-18-6-3-12(20-17)9-15-16(14(23)10-22)19-11-25-15/h3,6,9-10,13,16,19H,2,4-5,7-8,11H2,1H3/b15-9-. The molecule has 0 aliphatic carbocycles. The molecule has 0 saturated carbocycles. The largest absolute Gasteiger partial charge is 0.378 e. The Bertz CT molecular complexity index is 659. The molecule has 2 saturated heterocycles. The van der Waals surface area contributed by atoms with E-state index in [4.69, 9.17) is 4.74 Å². The minimum Gasteiger partial charge on any atom is -0.378 e. The molecule has 0 spiro atoms. The Balaban J connectivity index is 1.71. The Labute approximate surface area is 151 Å². The predicted octanol–water partition coefficient (Wildman–Crippen LogP) is 1.25. The monoisotopic (exact) mass is 362 g/mol. The zero-order chi connectivity index (χ0) is 17.6. The van der Waals surface area contributed by atoms with E-state index in [0.717, 1.165) is 43.1 Å². The molecule has 3 rings (SSSR count). The van der Waals surface area contributed by atoms with Crippen molar-refractivity contribution in [2.75, 3.05) is 30.5 Å². The number of nitrogens with zero attached hydrogens (tertiary/aromatic N) is 3. The van der Waals surface area contributed by atoms with Gasteiger partial charge in [-0.05, 0) is 31.9 Å². The average molecular weight is 362 g/mol. The summed E-state index contributed by atoms with van der Waals surface area (Å²) in [6.45, 7) is 4.50. The van der Waals surface area contributed by atoms with Crippen molar-refractivity contribution in [1.29, 1.82) is 0 Å². The molecule has 2 aliphatic heterocycles. The minimum atomic E-state index is -0.553. The van der Waals surface area contributed by atoms with Crippen LogP contribution in [0.25, 0.3) is 6.08 Å². The van der Waals surface area contributed by atoms with Gasteiger partial charge in [-0.25, -0.2) is 9.97 Å². The lowest BCUT2D eigenvalue weighted by Gasteiger charge is -2.31. The normalized spacial score (nSPS) is 23.2. The van der Waals surface area contributed by atoms with Gasteiger partial charge in [-0.15, -0.1) is 11.8 Å². The molecule has 8 heteroatoms. The molecule has 0 radical (unpaired) electrons. The molecule has 1 atom stereocenters. The van der Waals surface area contributed by atoms with E-state index in [1.807, 2.05) is 19.1 Å². The topological polar surface area (TPSA) is 84.4 Å². The summed E-state index contributed by atoms with van der Waals surface area (Å²) in [5.74, 6) is 0.848. The highest BCUT2D eigenvalue weighted by Gasteiger charge is 2.27. The van der Waals surface area contributed by atoms with E-state index in [9.17, 15) is 9.59 Å². The van der Waals surface area contributed by atoms with Crippen LogP contribution in [0.15, 0.2) is 17.2 Å². The Morgan fingerprint density at radius 1 is 1.48 bits per heavy atom. The van der Waals surface area contributed by atoms with Gasteiger partial charge in [-0.3, -0.25) is 14.9 Å². The van der Waals surface area contributed by atoms with E-state index in [1.165, 1.54) is 11.8 Å². The summed E-state index contributed by atoms with van der Waals surface area (Å²) in [6, 6.07) is 1.26. The molecule has 7 nitrogen and oxygen atoms in total. The molecule has 1 aromatic heterocycles. The number of aldehydes is 1. The lowest BCUT2D eigenvalue weighted by Crippen LogP contribution is -2.38. The number of carbonyl (C=O) groups is 2. The first-order chi connectivity index (χ1) is 12.2. The fraction of sp³-hybridized carbons (Fsp3) is 0.529. The molecule has 3 heterocycles. The van der Waals surface area contributed by atoms with Gasteiger partial charge in [0.1, 0.15) is 6.04 Å². The molecule has 2 aliphatic rings. The van der Waals surface area contributed by atoms with Crippen molar-refractivity contribution in [3.8, 4) is 0 Å². The van der Waals surface area contributed by atoms with E-state index < -0.39 is 11.8 Å². The van der Waals surface area contributed by atoms with E-state index in [0.29, 0.717) is 24.2 Å². The molecule has 0 bridgehead atoms. The Morgan fingerprint density at radius 3 is 3.00 bits per heavy atom. The van der Waals surface area contributed by atoms with Gasteiger partial charge in [0.2, 0.25) is 11.7 Å². The van der Waals surface area contributed by atoms with Gasteiger partial charge < -0.3 is 9.64 Å². The molecular weight excluding hydrogens is 340 g/mol. The third-order valence-corrected chi connectivity index (χ3v) is 5.29. The third-order valence-electron chi connectivity index (χ3n) is 4.29. The van der Waals surface area contributed by atoms with Crippen LogP contribution in [0.4, 0.5) is 5.95 Å². The van der Waals surface area contributed by atoms with Gasteiger partial charge in [0, 0.05) is 36.7 Å². The van der Waals surface area contributed by atoms with E-state index >= 15 is 0 Å². The fourth-order valence-electron chi connectivity index (χ4n) is 3.02. The third kappa shape index (κ3) is 4.45. The molecule has 1 aromatic rings. The summed E-state index contributed by atoms with van der Waals surface area (Å²) in [6.07, 6.45) is 6.21. The molecule has 0 aromatic carbocycles. The number of anilines is 1. The van der Waals surface area contributed by atoms with Crippen molar-refractivity contribution in [1.82, 2.24) is 15.3 Å². The number of hydrogen-bond acceptors (Lipinski definition) is 8. The summed E-state index contributed by atoms with van der Waals surface area (Å²) >= 11 is 1.52. The Morgan fingerprint density at radius 2 is 2.28 bits per heavy atom. The summed E-state index contributed by atoms with van der Waals surface area (Å²) in [7, 11) is 0. The number of aromatic nitrogens is 2. The quantitative estimate of drug-likeness (QED) is 0.598. The van der Waals surface area contributed by atoms with Gasteiger partial charge in [0.15, 0.2) is 6.29 Å². The highest BCUT2D eigenvalue weighted by Crippen LogP contribution is 2.28. The molecule has 1 unspecified atom stereocenters. The van der Waals surface area contributed by atoms with Gasteiger partial charge in [0.05, 0.1) is 11.8 Å². The Kier molecular flexibility index (Phi) is 6.17. The summed E-state index contributed by atoms with van der Waals surface area (Å²) in [5, 5.41) is 3.02. The van der Waals surface area contributed by atoms with Crippen LogP contribution in [0.1, 0.15) is 25.5 Å². The summed E-state index contributed by atoms with van der Waals surface area (Å²) < 4.78 is 5.68. The zero-order valence-corrected chi connectivity index (χ0v) is 15.0. The maximum Gasteiger partial charge on any atom is 0.225 e. The van der Waals surface area contributed by atoms with Crippen molar-refractivity contribution in [2.45, 2.75) is 31.9 Å². The van der Waals surface area contributed by atoms with Crippen LogP contribution in [0.3, 0.4) is 0 Å². The number of nitrogens with one attached hydrogen (secondary N) is 1. The number of hydrogen-bond donors (Lipinski definition) is 1. The second-order valence-electron chi connectivity index (χ2n) is 5.92. The first-order valence-electron chi connectivity index (χ1n) is 8.47. The highest BCUT2D eigenvalue weighted by atomic mass is 32.2. The number of ether oxygens (including phenoxy) is 1. The SMILES string of the molecule is CCOC1CCN(c2nccc(/C=C3\SCNC3C(=O)C=O)n2)CC1. The number of piperidine rings is 1. The van der Waals surface area contributed by atoms with Crippen LogP contribution in [-0.2, 0) is 14.3 Å². The zero-order valence-electron chi connectivity index (χ0n) is 14.2. The van der Waals surface area contributed by atoms with Gasteiger partial charge in [-0.1, -0.05) is 0 Å². The lowest BCUT2D eigenvalue weighted by atomic mass is 10.1. The number of ketones is 1. The van der Waals surface area contributed by atoms with Gasteiger partial charge in [-0.2, -0.15) is 0 Å². The number of rotatable bonds is 6.